The average Bonchev–Trinajstić information content (AvgIpc) is 2.30. The highest BCUT2D eigenvalue weighted by molar-refractivity contribution is 5.70. The summed E-state index contributed by atoms with van der Waals surface area (Å²) in [5, 5.41) is 8.79. The molecule has 0 aromatic rings. The van der Waals surface area contributed by atoms with Crippen LogP contribution >= 0.6 is 0 Å². The van der Waals surface area contributed by atoms with Crippen LogP contribution in [0.15, 0.2) is 0 Å². The molecule has 2 aliphatic rings. The SMILES string of the molecule is COC1C[C@H]2CC(C(=O)O)C[C@@H]12. The fraction of sp³-hybridized carbons (Fsp3) is 0.889. The van der Waals surface area contributed by atoms with Gasteiger partial charge in [-0.15, -0.1) is 0 Å². The quantitative estimate of drug-likeness (QED) is 0.675. The van der Waals surface area contributed by atoms with E-state index in [1.165, 1.54) is 0 Å². The summed E-state index contributed by atoms with van der Waals surface area (Å²) in [4.78, 5) is 10.7. The van der Waals surface area contributed by atoms with Crippen LogP contribution in [0.4, 0.5) is 0 Å². The number of rotatable bonds is 2. The van der Waals surface area contributed by atoms with Gasteiger partial charge in [0.25, 0.3) is 0 Å². The second-order valence-corrected chi connectivity index (χ2v) is 3.94. The van der Waals surface area contributed by atoms with Crippen LogP contribution in [0.3, 0.4) is 0 Å². The molecular formula is C9H14O3. The molecule has 4 atom stereocenters. The van der Waals surface area contributed by atoms with Gasteiger partial charge < -0.3 is 9.84 Å². The average molecular weight is 170 g/mol. The molecule has 0 amide bonds. The Labute approximate surface area is 71.7 Å². The zero-order valence-electron chi connectivity index (χ0n) is 7.19. The zero-order valence-corrected chi connectivity index (χ0v) is 7.19. The highest BCUT2D eigenvalue weighted by Crippen LogP contribution is 2.50. The first-order chi connectivity index (χ1) is 5.72. The Hall–Kier alpha value is -0.570. The standard InChI is InChI=1S/C9H14O3/c1-12-8-4-5-2-6(9(10)11)3-7(5)8/h5-8H,2-4H2,1H3,(H,10,11)/t5-,6?,7-,8?/m1/s1. The van der Waals surface area contributed by atoms with Crippen molar-refractivity contribution in [3.05, 3.63) is 0 Å². The minimum Gasteiger partial charge on any atom is -0.481 e. The van der Waals surface area contributed by atoms with Crippen molar-refractivity contribution < 1.29 is 14.6 Å². The van der Waals surface area contributed by atoms with E-state index in [1.54, 1.807) is 7.11 Å². The molecule has 12 heavy (non-hydrogen) atoms. The van der Waals surface area contributed by atoms with Gasteiger partial charge in [-0.2, -0.15) is 0 Å². The molecule has 3 heteroatoms. The molecule has 0 bridgehead atoms. The second-order valence-electron chi connectivity index (χ2n) is 3.94. The zero-order chi connectivity index (χ0) is 8.72. The lowest BCUT2D eigenvalue weighted by atomic mass is 9.73. The van der Waals surface area contributed by atoms with Crippen molar-refractivity contribution in [1.82, 2.24) is 0 Å². The molecule has 1 N–H and O–H groups in total. The van der Waals surface area contributed by atoms with Crippen molar-refractivity contribution in [3.63, 3.8) is 0 Å². The molecule has 0 radical (unpaired) electrons. The molecule has 0 aromatic heterocycles. The number of carboxylic acid groups (broad SMARTS) is 1. The minimum atomic E-state index is -0.626. The normalized spacial score (nSPS) is 45.1. The third-order valence-corrected chi connectivity index (χ3v) is 3.41. The monoisotopic (exact) mass is 170 g/mol. The molecule has 2 rings (SSSR count). The summed E-state index contributed by atoms with van der Waals surface area (Å²) in [6.45, 7) is 0. The summed E-state index contributed by atoms with van der Waals surface area (Å²) in [5.41, 5.74) is 0. The number of methoxy groups -OCH3 is 1. The van der Waals surface area contributed by atoms with Gasteiger partial charge in [-0.3, -0.25) is 4.79 Å². The largest absolute Gasteiger partial charge is 0.481 e. The first-order valence-electron chi connectivity index (χ1n) is 4.48. The van der Waals surface area contributed by atoms with Crippen LogP contribution in [0.25, 0.3) is 0 Å². The lowest BCUT2D eigenvalue weighted by Crippen LogP contribution is -2.38. The Morgan fingerprint density at radius 2 is 2.17 bits per heavy atom. The Bertz CT molecular complexity index is 202. The molecule has 3 nitrogen and oxygen atoms in total. The molecule has 0 saturated heterocycles. The summed E-state index contributed by atoms with van der Waals surface area (Å²) in [6, 6.07) is 0. The number of aliphatic carboxylic acids is 1. The summed E-state index contributed by atoms with van der Waals surface area (Å²) >= 11 is 0. The lowest BCUT2D eigenvalue weighted by molar-refractivity contribution is -0.141. The molecule has 2 aliphatic carbocycles. The molecule has 0 aromatic carbocycles. The van der Waals surface area contributed by atoms with Crippen molar-refractivity contribution >= 4 is 5.97 Å². The number of carboxylic acids is 1. The summed E-state index contributed by atoms with van der Waals surface area (Å²) in [7, 11) is 1.72. The van der Waals surface area contributed by atoms with Crippen LogP contribution in [0.5, 0.6) is 0 Å². The van der Waals surface area contributed by atoms with Gasteiger partial charge in [0.05, 0.1) is 12.0 Å². The van der Waals surface area contributed by atoms with Crippen molar-refractivity contribution in [2.45, 2.75) is 25.4 Å². The van der Waals surface area contributed by atoms with E-state index >= 15 is 0 Å². The van der Waals surface area contributed by atoms with Gasteiger partial charge in [-0.1, -0.05) is 0 Å². The number of hydrogen-bond donors (Lipinski definition) is 1. The van der Waals surface area contributed by atoms with Crippen LogP contribution in [0.2, 0.25) is 0 Å². The number of fused-ring (bicyclic) bond motifs is 1. The van der Waals surface area contributed by atoms with Crippen LogP contribution < -0.4 is 0 Å². The molecular weight excluding hydrogens is 156 g/mol. The number of ether oxygens (including phenoxy) is 1. The maximum absolute atomic E-state index is 10.7. The fourth-order valence-electron chi connectivity index (χ4n) is 2.63. The molecule has 68 valence electrons. The molecule has 0 spiro atoms. The van der Waals surface area contributed by atoms with Crippen LogP contribution in [0, 0.1) is 17.8 Å². The number of carbonyl (C=O) groups is 1. The predicted molar refractivity (Wildman–Crippen MR) is 42.8 cm³/mol. The van der Waals surface area contributed by atoms with Crippen molar-refractivity contribution in [3.8, 4) is 0 Å². The van der Waals surface area contributed by atoms with E-state index in [-0.39, 0.29) is 5.92 Å². The maximum atomic E-state index is 10.7. The first kappa shape index (κ1) is 8.05. The Kier molecular flexibility index (Phi) is 1.83. The first-order valence-corrected chi connectivity index (χ1v) is 4.48. The van der Waals surface area contributed by atoms with E-state index in [4.69, 9.17) is 9.84 Å². The van der Waals surface area contributed by atoms with E-state index < -0.39 is 5.97 Å². The third-order valence-electron chi connectivity index (χ3n) is 3.41. The minimum absolute atomic E-state index is 0.0971. The summed E-state index contributed by atoms with van der Waals surface area (Å²) < 4.78 is 5.24. The topological polar surface area (TPSA) is 46.5 Å². The second kappa shape index (κ2) is 2.73. The molecule has 0 aliphatic heterocycles. The van der Waals surface area contributed by atoms with Gasteiger partial charge in [0.15, 0.2) is 0 Å². The van der Waals surface area contributed by atoms with Crippen molar-refractivity contribution in [2.75, 3.05) is 7.11 Å². The predicted octanol–water partition coefficient (Wildman–Crippen LogP) is 1.13. The maximum Gasteiger partial charge on any atom is 0.306 e. The van der Waals surface area contributed by atoms with Crippen LogP contribution in [-0.4, -0.2) is 24.3 Å². The van der Waals surface area contributed by atoms with Crippen LogP contribution in [-0.2, 0) is 9.53 Å². The highest BCUT2D eigenvalue weighted by Gasteiger charge is 2.49. The van der Waals surface area contributed by atoms with Gasteiger partial charge in [0, 0.05) is 7.11 Å². The molecule has 2 saturated carbocycles. The van der Waals surface area contributed by atoms with Gasteiger partial charge >= 0.3 is 5.97 Å². The van der Waals surface area contributed by atoms with Crippen molar-refractivity contribution in [2.24, 2.45) is 17.8 Å². The molecule has 0 heterocycles. The van der Waals surface area contributed by atoms with Gasteiger partial charge in [-0.05, 0) is 31.1 Å². The highest BCUT2D eigenvalue weighted by atomic mass is 16.5. The van der Waals surface area contributed by atoms with E-state index in [2.05, 4.69) is 0 Å². The summed E-state index contributed by atoms with van der Waals surface area (Å²) in [6.07, 6.45) is 3.13. The summed E-state index contributed by atoms with van der Waals surface area (Å²) in [5.74, 6) is 0.451. The smallest absolute Gasteiger partial charge is 0.306 e. The fourth-order valence-corrected chi connectivity index (χ4v) is 2.63. The Morgan fingerprint density at radius 3 is 2.75 bits per heavy atom. The molecule has 2 fully saturated rings. The van der Waals surface area contributed by atoms with E-state index in [0.717, 1.165) is 19.3 Å². The van der Waals surface area contributed by atoms with Crippen LogP contribution in [0.1, 0.15) is 19.3 Å². The molecule has 2 unspecified atom stereocenters. The van der Waals surface area contributed by atoms with Gasteiger partial charge in [0.1, 0.15) is 0 Å². The van der Waals surface area contributed by atoms with Gasteiger partial charge in [-0.25, -0.2) is 0 Å². The van der Waals surface area contributed by atoms with Gasteiger partial charge in [0.2, 0.25) is 0 Å². The lowest BCUT2D eigenvalue weighted by Gasteiger charge is -2.39. The Morgan fingerprint density at radius 1 is 1.42 bits per heavy atom. The van der Waals surface area contributed by atoms with E-state index in [0.29, 0.717) is 17.9 Å². The third kappa shape index (κ3) is 1.04. The van der Waals surface area contributed by atoms with Crippen molar-refractivity contribution in [1.29, 1.82) is 0 Å². The Balaban J connectivity index is 1.94. The number of hydrogen-bond acceptors (Lipinski definition) is 2. The van der Waals surface area contributed by atoms with E-state index in [1.807, 2.05) is 0 Å². The van der Waals surface area contributed by atoms with E-state index in [9.17, 15) is 4.79 Å².